The molecule has 25 heavy (non-hydrogen) atoms. The average Bonchev–Trinajstić information content (AvgIpc) is 2.49. The normalized spacial score (nSPS) is 11.2. The van der Waals surface area contributed by atoms with Crippen LogP contribution in [-0.4, -0.2) is 21.6 Å². The predicted octanol–water partition coefficient (Wildman–Crippen LogP) is 4.96. The first-order valence-corrected chi connectivity index (χ1v) is 8.22. The molecule has 0 bridgehead atoms. The Bertz CT molecular complexity index is 779. The van der Waals surface area contributed by atoms with Gasteiger partial charge in [-0.25, -0.2) is 4.79 Å². The zero-order valence-electron chi connectivity index (χ0n) is 15.5. The lowest BCUT2D eigenvalue weighted by Gasteiger charge is -2.33. The summed E-state index contributed by atoms with van der Waals surface area (Å²) in [6.45, 7) is 9.85. The van der Waals surface area contributed by atoms with E-state index in [-0.39, 0.29) is 6.54 Å². The Kier molecular flexibility index (Phi) is 5.26. The van der Waals surface area contributed by atoms with E-state index in [1.54, 1.807) is 18.2 Å². The van der Waals surface area contributed by atoms with Crippen molar-refractivity contribution in [3.8, 4) is 11.5 Å². The fourth-order valence-corrected chi connectivity index (χ4v) is 2.46. The molecule has 2 aromatic rings. The van der Waals surface area contributed by atoms with Gasteiger partial charge in [0, 0.05) is 11.2 Å². The summed E-state index contributed by atoms with van der Waals surface area (Å²) in [4.78, 5) is 12.9. The maximum absolute atomic E-state index is 11.6. The summed E-state index contributed by atoms with van der Waals surface area (Å²) >= 11 is 0. The zero-order chi connectivity index (χ0) is 18.8. The van der Waals surface area contributed by atoms with Gasteiger partial charge in [-0.2, -0.15) is 0 Å². The number of carboxylic acid groups (broad SMARTS) is 1. The molecular formula is C20H26N2O3. The van der Waals surface area contributed by atoms with E-state index in [1.165, 1.54) is 10.5 Å². The molecule has 0 unspecified atom stereocenters. The van der Waals surface area contributed by atoms with Gasteiger partial charge in [0.15, 0.2) is 0 Å². The van der Waals surface area contributed by atoms with Gasteiger partial charge in [0.25, 0.3) is 0 Å². The Morgan fingerprint density at radius 3 is 2.24 bits per heavy atom. The van der Waals surface area contributed by atoms with Crippen molar-refractivity contribution in [1.82, 2.24) is 4.90 Å². The van der Waals surface area contributed by atoms with Crippen molar-refractivity contribution in [3.63, 3.8) is 0 Å². The van der Waals surface area contributed by atoms with Crippen LogP contribution in [0, 0.1) is 13.8 Å². The summed E-state index contributed by atoms with van der Waals surface area (Å²) < 4.78 is 5.92. The maximum atomic E-state index is 11.6. The Morgan fingerprint density at radius 2 is 1.68 bits per heavy atom. The molecule has 0 spiro atoms. The quantitative estimate of drug-likeness (QED) is 0.770. The highest BCUT2D eigenvalue weighted by Gasteiger charge is 2.26. The molecule has 1 amide bonds. The van der Waals surface area contributed by atoms with Crippen molar-refractivity contribution in [2.24, 2.45) is 0 Å². The molecule has 0 atom stereocenters. The van der Waals surface area contributed by atoms with E-state index < -0.39 is 11.6 Å². The van der Waals surface area contributed by atoms with Crippen molar-refractivity contribution in [1.29, 1.82) is 0 Å². The number of nitrogens with zero attached hydrogens (tertiary/aromatic N) is 1. The topological polar surface area (TPSA) is 75.8 Å². The third kappa shape index (κ3) is 4.66. The smallest absolute Gasteiger partial charge is 0.408 e. The van der Waals surface area contributed by atoms with E-state index >= 15 is 0 Å². The zero-order valence-corrected chi connectivity index (χ0v) is 15.5. The van der Waals surface area contributed by atoms with Crippen LogP contribution in [0.5, 0.6) is 11.5 Å². The summed E-state index contributed by atoms with van der Waals surface area (Å²) in [5, 5.41) is 9.48. The largest absolute Gasteiger partial charge is 0.465 e. The van der Waals surface area contributed by atoms with E-state index in [2.05, 4.69) is 0 Å². The highest BCUT2D eigenvalue weighted by molar-refractivity contribution is 5.66. The van der Waals surface area contributed by atoms with E-state index in [4.69, 9.17) is 10.5 Å². The molecule has 134 valence electrons. The molecule has 0 fully saturated rings. The number of benzene rings is 2. The highest BCUT2D eigenvalue weighted by Crippen LogP contribution is 2.28. The first kappa shape index (κ1) is 18.6. The minimum Gasteiger partial charge on any atom is -0.465 e. The Morgan fingerprint density at radius 1 is 1.08 bits per heavy atom. The van der Waals surface area contributed by atoms with Crippen molar-refractivity contribution in [2.75, 3.05) is 5.73 Å². The summed E-state index contributed by atoms with van der Waals surface area (Å²) in [5.74, 6) is 1.37. The Balaban J connectivity index is 2.27. The molecule has 0 saturated carbocycles. The standard InChI is InChI=1S/C20H26N2O3/c1-13-6-7-16(10-14(13)2)25-17-8-9-18(21)15(11-17)12-22(19(23)24)20(3,4)5/h6-11H,12,21H2,1-5H3,(H,23,24). The number of carbonyl (C=O) groups is 1. The molecule has 0 aliphatic rings. The minimum atomic E-state index is -0.979. The molecule has 0 saturated heterocycles. The lowest BCUT2D eigenvalue weighted by molar-refractivity contribution is 0.0956. The second-order valence-electron chi connectivity index (χ2n) is 7.25. The van der Waals surface area contributed by atoms with Crippen molar-refractivity contribution in [2.45, 2.75) is 46.7 Å². The van der Waals surface area contributed by atoms with Crippen LogP contribution < -0.4 is 10.5 Å². The summed E-state index contributed by atoms with van der Waals surface area (Å²) in [6.07, 6.45) is -0.979. The van der Waals surface area contributed by atoms with Crippen molar-refractivity contribution < 1.29 is 14.6 Å². The van der Waals surface area contributed by atoms with Crippen LogP contribution >= 0.6 is 0 Å². The molecule has 0 radical (unpaired) electrons. The van der Waals surface area contributed by atoms with Crippen LogP contribution in [0.2, 0.25) is 0 Å². The van der Waals surface area contributed by atoms with Crippen LogP contribution in [0.4, 0.5) is 10.5 Å². The van der Waals surface area contributed by atoms with Gasteiger partial charge in [-0.3, -0.25) is 4.90 Å². The van der Waals surface area contributed by atoms with Crippen molar-refractivity contribution >= 4 is 11.8 Å². The summed E-state index contributed by atoms with van der Waals surface area (Å²) in [7, 11) is 0. The fraction of sp³-hybridized carbons (Fsp3) is 0.350. The van der Waals surface area contributed by atoms with Crippen LogP contribution in [-0.2, 0) is 6.54 Å². The van der Waals surface area contributed by atoms with Gasteiger partial charge < -0.3 is 15.6 Å². The maximum Gasteiger partial charge on any atom is 0.408 e. The van der Waals surface area contributed by atoms with Gasteiger partial charge in [-0.05, 0) is 81.6 Å². The van der Waals surface area contributed by atoms with Gasteiger partial charge >= 0.3 is 6.09 Å². The first-order chi connectivity index (χ1) is 11.6. The average molecular weight is 342 g/mol. The fourth-order valence-electron chi connectivity index (χ4n) is 2.46. The van der Waals surface area contributed by atoms with Crippen LogP contribution in [0.25, 0.3) is 0 Å². The minimum absolute atomic E-state index is 0.203. The van der Waals surface area contributed by atoms with Gasteiger partial charge in [0.2, 0.25) is 0 Å². The SMILES string of the molecule is Cc1ccc(Oc2ccc(N)c(CN(C(=O)O)C(C)(C)C)c2)cc1C. The number of nitrogen functional groups attached to an aromatic ring is 1. The van der Waals surface area contributed by atoms with Gasteiger partial charge in [0.05, 0.1) is 6.54 Å². The number of aryl methyl sites for hydroxylation is 2. The van der Waals surface area contributed by atoms with Gasteiger partial charge in [-0.1, -0.05) is 6.07 Å². The molecule has 2 rings (SSSR count). The monoisotopic (exact) mass is 342 g/mol. The third-order valence-electron chi connectivity index (χ3n) is 4.20. The molecule has 5 heteroatoms. The second kappa shape index (κ2) is 7.05. The summed E-state index contributed by atoms with van der Waals surface area (Å²) in [6, 6.07) is 11.2. The number of amides is 1. The Labute approximate surface area is 149 Å². The molecule has 5 nitrogen and oxygen atoms in total. The molecular weight excluding hydrogens is 316 g/mol. The number of hydrogen-bond acceptors (Lipinski definition) is 3. The predicted molar refractivity (Wildman–Crippen MR) is 100 cm³/mol. The van der Waals surface area contributed by atoms with Gasteiger partial charge in [-0.15, -0.1) is 0 Å². The molecule has 0 aliphatic heterocycles. The summed E-state index contributed by atoms with van der Waals surface area (Å²) in [5.41, 5.74) is 9.14. The molecule has 2 aromatic carbocycles. The molecule has 3 N–H and O–H groups in total. The van der Waals surface area contributed by atoms with E-state index in [0.29, 0.717) is 11.4 Å². The van der Waals surface area contributed by atoms with E-state index in [1.807, 2.05) is 52.8 Å². The first-order valence-electron chi connectivity index (χ1n) is 8.22. The Hall–Kier alpha value is -2.69. The lowest BCUT2D eigenvalue weighted by atomic mass is 10.0. The second-order valence-corrected chi connectivity index (χ2v) is 7.25. The van der Waals surface area contributed by atoms with Gasteiger partial charge in [0.1, 0.15) is 11.5 Å². The van der Waals surface area contributed by atoms with Crippen LogP contribution in [0.1, 0.15) is 37.5 Å². The third-order valence-corrected chi connectivity index (χ3v) is 4.20. The lowest BCUT2D eigenvalue weighted by Crippen LogP contribution is -2.44. The number of hydrogen-bond donors (Lipinski definition) is 2. The number of anilines is 1. The van der Waals surface area contributed by atoms with Crippen LogP contribution in [0.15, 0.2) is 36.4 Å². The number of nitrogens with two attached hydrogens (primary N) is 1. The van der Waals surface area contributed by atoms with Crippen LogP contribution in [0.3, 0.4) is 0 Å². The highest BCUT2D eigenvalue weighted by atomic mass is 16.5. The van der Waals surface area contributed by atoms with Crippen molar-refractivity contribution in [3.05, 3.63) is 53.1 Å². The molecule has 0 heterocycles. The van der Waals surface area contributed by atoms with E-state index in [0.717, 1.165) is 16.9 Å². The van der Waals surface area contributed by atoms with E-state index in [9.17, 15) is 9.90 Å². The number of ether oxygens (including phenoxy) is 1. The molecule has 0 aromatic heterocycles. The molecule has 0 aliphatic carbocycles. The number of rotatable bonds is 4.